The number of aliphatic carboxylic acids is 1. The Balaban J connectivity index is 1.99. The average molecular weight is 296 g/mol. The number of rotatable bonds is 13. The first-order chi connectivity index (χ1) is 10.2. The molecule has 0 saturated carbocycles. The molecule has 0 saturated heterocycles. The number of hydrogen-bond donors (Lipinski definition) is 1. The van der Waals surface area contributed by atoms with Gasteiger partial charge in [-0.2, -0.15) is 0 Å². The van der Waals surface area contributed by atoms with Gasteiger partial charge in [-0.15, -0.1) is 5.10 Å². The maximum atomic E-state index is 10.7. The summed E-state index contributed by atoms with van der Waals surface area (Å²) in [4.78, 5) is 10.7. The van der Waals surface area contributed by atoms with E-state index in [9.17, 15) is 4.79 Å². The molecule has 120 valence electrons. The molecular weight excluding hydrogens is 268 g/mol. The van der Waals surface area contributed by atoms with Gasteiger partial charge >= 0.3 is 5.97 Å². The summed E-state index contributed by atoms with van der Waals surface area (Å²) in [6, 6.07) is 0. The Bertz CT molecular complexity index is 393. The number of carboxylic acid groups (broad SMARTS) is 1. The summed E-state index contributed by atoms with van der Waals surface area (Å²) >= 11 is 0. The Labute approximate surface area is 126 Å². The molecule has 0 bridgehead atoms. The van der Waals surface area contributed by atoms with Gasteiger partial charge in [0.05, 0.1) is 0 Å². The second-order valence-corrected chi connectivity index (χ2v) is 5.57. The molecule has 6 heteroatoms. The van der Waals surface area contributed by atoms with Crippen molar-refractivity contribution in [3.8, 4) is 0 Å². The van der Waals surface area contributed by atoms with E-state index in [0.29, 0.717) is 12.4 Å². The van der Waals surface area contributed by atoms with Crippen LogP contribution < -0.4 is 0 Å². The number of carbonyl (C=O) groups is 1. The minimum absolute atomic E-state index is 0.106. The lowest BCUT2D eigenvalue weighted by Gasteiger charge is -2.04. The summed E-state index contributed by atoms with van der Waals surface area (Å²) in [5.74, 6) is -0.451. The molecule has 0 fully saturated rings. The van der Waals surface area contributed by atoms with Gasteiger partial charge < -0.3 is 5.11 Å². The second kappa shape index (κ2) is 11.2. The second-order valence-electron chi connectivity index (χ2n) is 5.57. The topological polar surface area (TPSA) is 80.9 Å². The predicted molar refractivity (Wildman–Crippen MR) is 81.0 cm³/mol. The van der Waals surface area contributed by atoms with Gasteiger partial charge in [-0.1, -0.05) is 64.7 Å². The van der Waals surface area contributed by atoms with Gasteiger partial charge in [0, 0.05) is 6.54 Å². The molecule has 1 N–H and O–H groups in total. The van der Waals surface area contributed by atoms with Crippen molar-refractivity contribution in [3.05, 3.63) is 5.82 Å². The fraction of sp³-hybridized carbons (Fsp3) is 0.867. The van der Waals surface area contributed by atoms with Crippen LogP contribution in [0.2, 0.25) is 0 Å². The summed E-state index contributed by atoms with van der Waals surface area (Å²) in [5.41, 5.74) is 0. The molecule has 1 aromatic heterocycles. The van der Waals surface area contributed by atoms with Crippen LogP contribution in [0.25, 0.3) is 0 Å². The highest BCUT2D eigenvalue weighted by atomic mass is 16.4. The van der Waals surface area contributed by atoms with E-state index in [1.165, 1.54) is 51.4 Å². The smallest absolute Gasteiger partial charge is 0.311 e. The molecule has 1 rings (SSSR count). The maximum absolute atomic E-state index is 10.7. The molecule has 0 amide bonds. The van der Waals surface area contributed by atoms with Crippen LogP contribution >= 0.6 is 0 Å². The van der Waals surface area contributed by atoms with Crippen molar-refractivity contribution >= 4 is 5.97 Å². The normalized spacial score (nSPS) is 10.9. The largest absolute Gasteiger partial charge is 0.481 e. The quantitative estimate of drug-likeness (QED) is 0.565. The minimum atomic E-state index is -0.894. The van der Waals surface area contributed by atoms with Crippen molar-refractivity contribution in [2.75, 3.05) is 0 Å². The van der Waals surface area contributed by atoms with Crippen LogP contribution in [-0.2, 0) is 17.8 Å². The molecule has 0 radical (unpaired) electrons. The molecule has 0 aliphatic rings. The number of hydrogen-bond acceptors (Lipinski definition) is 4. The van der Waals surface area contributed by atoms with Crippen molar-refractivity contribution < 1.29 is 9.90 Å². The van der Waals surface area contributed by atoms with Gasteiger partial charge in [0.2, 0.25) is 0 Å². The zero-order valence-electron chi connectivity index (χ0n) is 13.1. The SMILES string of the molecule is CCCCCCCCCCCCn1nnnc1CC(=O)O. The number of unbranched alkanes of at least 4 members (excludes halogenated alkanes) is 9. The molecule has 0 atom stereocenters. The number of tetrazole rings is 1. The molecule has 1 heterocycles. The van der Waals surface area contributed by atoms with E-state index in [1.54, 1.807) is 4.68 Å². The number of carboxylic acids is 1. The molecule has 6 nitrogen and oxygen atoms in total. The van der Waals surface area contributed by atoms with E-state index in [4.69, 9.17) is 5.11 Å². The third-order valence-corrected chi connectivity index (χ3v) is 3.64. The Morgan fingerprint density at radius 2 is 1.57 bits per heavy atom. The summed E-state index contributed by atoms with van der Waals surface area (Å²) in [7, 11) is 0. The fourth-order valence-corrected chi connectivity index (χ4v) is 2.41. The van der Waals surface area contributed by atoms with Crippen molar-refractivity contribution in [2.24, 2.45) is 0 Å². The molecule has 0 unspecified atom stereocenters. The molecule has 21 heavy (non-hydrogen) atoms. The molecule has 1 aromatic rings. The van der Waals surface area contributed by atoms with E-state index in [0.717, 1.165) is 12.8 Å². The van der Waals surface area contributed by atoms with Crippen molar-refractivity contribution in [1.82, 2.24) is 20.2 Å². The van der Waals surface area contributed by atoms with Crippen LogP contribution in [0.5, 0.6) is 0 Å². The standard InChI is InChI=1S/C15H28N4O2/c1-2-3-4-5-6-7-8-9-10-11-12-19-14(13-15(20)21)16-17-18-19/h2-13H2,1H3,(H,20,21). The third kappa shape index (κ3) is 8.42. The first-order valence-electron chi connectivity index (χ1n) is 8.21. The van der Waals surface area contributed by atoms with Gasteiger partial charge in [-0.25, -0.2) is 4.68 Å². The van der Waals surface area contributed by atoms with Crippen LogP contribution in [0.15, 0.2) is 0 Å². The molecule has 0 aliphatic heterocycles. The van der Waals surface area contributed by atoms with Crippen LogP contribution in [-0.4, -0.2) is 31.3 Å². The first kappa shape index (κ1) is 17.6. The zero-order valence-corrected chi connectivity index (χ0v) is 13.1. The predicted octanol–water partition coefficient (Wildman–Crippen LogP) is 3.22. The van der Waals surface area contributed by atoms with E-state index in [2.05, 4.69) is 22.4 Å². The minimum Gasteiger partial charge on any atom is -0.481 e. The van der Waals surface area contributed by atoms with Gasteiger partial charge in [0.1, 0.15) is 6.42 Å². The summed E-state index contributed by atoms with van der Waals surface area (Å²) in [6.45, 7) is 2.96. The zero-order chi connectivity index (χ0) is 15.3. The molecule has 0 aliphatic carbocycles. The highest BCUT2D eigenvalue weighted by Crippen LogP contribution is 2.11. The fourth-order valence-electron chi connectivity index (χ4n) is 2.41. The average Bonchev–Trinajstić information content (AvgIpc) is 2.87. The van der Waals surface area contributed by atoms with Gasteiger partial charge in [0.15, 0.2) is 5.82 Å². The van der Waals surface area contributed by atoms with Gasteiger partial charge in [-0.3, -0.25) is 4.79 Å². The Hall–Kier alpha value is -1.46. The van der Waals surface area contributed by atoms with Gasteiger partial charge in [0.25, 0.3) is 0 Å². The summed E-state index contributed by atoms with van der Waals surface area (Å²) < 4.78 is 1.61. The number of aryl methyl sites for hydroxylation is 1. The molecule has 0 aromatic carbocycles. The monoisotopic (exact) mass is 296 g/mol. The third-order valence-electron chi connectivity index (χ3n) is 3.64. The molecule has 0 spiro atoms. The van der Waals surface area contributed by atoms with Crippen molar-refractivity contribution in [1.29, 1.82) is 0 Å². The highest BCUT2D eigenvalue weighted by Gasteiger charge is 2.09. The number of nitrogens with zero attached hydrogens (tertiary/aromatic N) is 4. The lowest BCUT2D eigenvalue weighted by Crippen LogP contribution is -2.10. The van der Waals surface area contributed by atoms with E-state index in [-0.39, 0.29) is 6.42 Å². The van der Waals surface area contributed by atoms with Crippen molar-refractivity contribution in [2.45, 2.75) is 84.1 Å². The Morgan fingerprint density at radius 3 is 2.14 bits per heavy atom. The summed E-state index contributed by atoms with van der Waals surface area (Å²) in [5, 5.41) is 19.9. The number of aromatic nitrogens is 4. The van der Waals surface area contributed by atoms with Crippen LogP contribution in [0.3, 0.4) is 0 Å². The van der Waals surface area contributed by atoms with E-state index < -0.39 is 5.97 Å². The lowest BCUT2D eigenvalue weighted by atomic mass is 10.1. The maximum Gasteiger partial charge on any atom is 0.311 e. The van der Waals surface area contributed by atoms with Crippen LogP contribution in [0.4, 0.5) is 0 Å². The first-order valence-corrected chi connectivity index (χ1v) is 8.21. The van der Waals surface area contributed by atoms with Crippen molar-refractivity contribution in [3.63, 3.8) is 0 Å². The van der Waals surface area contributed by atoms with Crippen LogP contribution in [0.1, 0.15) is 77.0 Å². The van der Waals surface area contributed by atoms with E-state index in [1.807, 2.05) is 0 Å². The summed E-state index contributed by atoms with van der Waals surface area (Å²) in [6.07, 6.45) is 12.7. The lowest BCUT2D eigenvalue weighted by molar-refractivity contribution is -0.136. The Kier molecular flexibility index (Phi) is 9.40. The highest BCUT2D eigenvalue weighted by molar-refractivity contribution is 5.68. The van der Waals surface area contributed by atoms with Crippen LogP contribution in [0, 0.1) is 0 Å². The molecular formula is C15H28N4O2. The van der Waals surface area contributed by atoms with E-state index >= 15 is 0 Å². The van der Waals surface area contributed by atoms with Gasteiger partial charge in [-0.05, 0) is 16.8 Å². The Morgan fingerprint density at radius 1 is 1.00 bits per heavy atom.